The molecular formula is C14H12BrNO3S. The van der Waals surface area contributed by atoms with Crippen molar-refractivity contribution in [3.05, 3.63) is 38.5 Å². The van der Waals surface area contributed by atoms with E-state index in [1.165, 1.54) is 11.3 Å². The van der Waals surface area contributed by atoms with Crippen LogP contribution in [-0.2, 0) is 0 Å². The molecule has 1 N–H and O–H groups in total. The molecule has 2 aromatic rings. The highest BCUT2D eigenvalue weighted by Gasteiger charge is 2.17. The Bertz CT molecular complexity index is 668. The number of fused-ring (bicyclic) bond motifs is 1. The lowest BCUT2D eigenvalue weighted by molar-refractivity contribution is 0.103. The zero-order valence-corrected chi connectivity index (χ0v) is 13.1. The lowest BCUT2D eigenvalue weighted by atomic mass is 10.2. The van der Waals surface area contributed by atoms with E-state index in [0.29, 0.717) is 35.3 Å². The van der Waals surface area contributed by atoms with Crippen LogP contribution >= 0.6 is 27.3 Å². The van der Waals surface area contributed by atoms with Gasteiger partial charge in [0.2, 0.25) is 0 Å². The van der Waals surface area contributed by atoms with Gasteiger partial charge < -0.3 is 14.8 Å². The second kappa shape index (κ2) is 5.46. The van der Waals surface area contributed by atoms with Gasteiger partial charge in [0, 0.05) is 16.6 Å². The van der Waals surface area contributed by atoms with Crippen LogP contribution in [0.2, 0.25) is 0 Å². The summed E-state index contributed by atoms with van der Waals surface area (Å²) in [6, 6.07) is 5.52. The molecule has 0 aliphatic carbocycles. The first kappa shape index (κ1) is 13.5. The molecular weight excluding hydrogens is 342 g/mol. The molecule has 0 atom stereocenters. The standard InChI is InChI=1S/C14H12BrNO3S/c1-8-2-5-20-13(8)14(17)16-10-7-12-11(6-9(10)15)18-3-4-19-12/h2,5-7H,3-4H2,1H3,(H,16,17). The summed E-state index contributed by atoms with van der Waals surface area (Å²) in [5, 5.41) is 4.80. The van der Waals surface area contributed by atoms with Crippen molar-refractivity contribution < 1.29 is 14.3 Å². The molecule has 1 aromatic heterocycles. The minimum absolute atomic E-state index is 0.116. The van der Waals surface area contributed by atoms with Crippen molar-refractivity contribution in [3.63, 3.8) is 0 Å². The monoisotopic (exact) mass is 353 g/mol. The number of halogens is 1. The Balaban J connectivity index is 1.87. The highest BCUT2D eigenvalue weighted by atomic mass is 79.9. The molecule has 0 spiro atoms. The minimum Gasteiger partial charge on any atom is -0.486 e. The molecule has 104 valence electrons. The van der Waals surface area contributed by atoms with Gasteiger partial charge in [0.1, 0.15) is 13.2 Å². The van der Waals surface area contributed by atoms with Crippen LogP contribution in [0.3, 0.4) is 0 Å². The van der Waals surface area contributed by atoms with Gasteiger partial charge in [-0.15, -0.1) is 11.3 Å². The SMILES string of the molecule is Cc1ccsc1C(=O)Nc1cc2c(cc1Br)OCCO2. The summed E-state index contributed by atoms with van der Waals surface area (Å²) in [5.74, 6) is 1.22. The Labute approximate surface area is 128 Å². The normalized spacial score (nSPS) is 13.1. The van der Waals surface area contributed by atoms with Gasteiger partial charge in [0.25, 0.3) is 5.91 Å². The number of aryl methyl sites for hydroxylation is 1. The fourth-order valence-electron chi connectivity index (χ4n) is 1.94. The molecule has 2 heterocycles. The van der Waals surface area contributed by atoms with Crippen LogP contribution in [0.4, 0.5) is 5.69 Å². The lowest BCUT2D eigenvalue weighted by Gasteiger charge is -2.20. The van der Waals surface area contributed by atoms with Crippen LogP contribution in [0, 0.1) is 6.92 Å². The average molecular weight is 354 g/mol. The zero-order chi connectivity index (χ0) is 14.1. The van der Waals surface area contributed by atoms with Crippen molar-refractivity contribution in [1.29, 1.82) is 0 Å². The van der Waals surface area contributed by atoms with Gasteiger partial charge in [-0.25, -0.2) is 0 Å². The number of hydrogen-bond donors (Lipinski definition) is 1. The van der Waals surface area contributed by atoms with Crippen molar-refractivity contribution in [1.82, 2.24) is 0 Å². The maximum Gasteiger partial charge on any atom is 0.266 e. The average Bonchev–Trinajstić information content (AvgIpc) is 2.86. The molecule has 1 aromatic carbocycles. The number of benzene rings is 1. The molecule has 1 aliphatic heterocycles. The minimum atomic E-state index is -0.116. The van der Waals surface area contributed by atoms with Gasteiger partial charge in [0.15, 0.2) is 11.5 Å². The summed E-state index contributed by atoms with van der Waals surface area (Å²) in [4.78, 5) is 12.9. The van der Waals surface area contributed by atoms with Crippen LogP contribution in [0.15, 0.2) is 28.1 Å². The molecule has 1 aliphatic rings. The summed E-state index contributed by atoms with van der Waals surface area (Å²) in [7, 11) is 0. The first-order valence-corrected chi connectivity index (χ1v) is 7.77. The molecule has 0 radical (unpaired) electrons. The smallest absolute Gasteiger partial charge is 0.266 e. The maximum absolute atomic E-state index is 12.2. The van der Waals surface area contributed by atoms with Crippen LogP contribution in [0.25, 0.3) is 0 Å². The third kappa shape index (κ3) is 2.53. The van der Waals surface area contributed by atoms with E-state index in [9.17, 15) is 4.79 Å². The molecule has 1 amide bonds. The Kier molecular flexibility index (Phi) is 3.67. The number of carbonyl (C=O) groups excluding carboxylic acids is 1. The van der Waals surface area contributed by atoms with Gasteiger partial charge in [-0.1, -0.05) is 0 Å². The maximum atomic E-state index is 12.2. The molecule has 0 unspecified atom stereocenters. The first-order valence-electron chi connectivity index (χ1n) is 6.10. The number of nitrogens with one attached hydrogen (secondary N) is 1. The number of anilines is 1. The van der Waals surface area contributed by atoms with E-state index >= 15 is 0 Å². The van der Waals surface area contributed by atoms with E-state index in [-0.39, 0.29) is 5.91 Å². The summed E-state index contributed by atoms with van der Waals surface area (Å²) in [6.45, 7) is 2.98. The van der Waals surface area contributed by atoms with Crippen LogP contribution in [0.1, 0.15) is 15.2 Å². The predicted octanol–water partition coefficient (Wildman–Crippen LogP) is 3.84. The number of amides is 1. The summed E-state index contributed by atoms with van der Waals surface area (Å²) >= 11 is 4.87. The Morgan fingerprint density at radius 2 is 2.00 bits per heavy atom. The van der Waals surface area contributed by atoms with Crippen molar-refractivity contribution >= 4 is 38.9 Å². The van der Waals surface area contributed by atoms with Crippen molar-refractivity contribution in [2.45, 2.75) is 6.92 Å². The second-order valence-corrected chi connectivity index (χ2v) is 6.13. The van der Waals surface area contributed by atoms with Crippen molar-refractivity contribution in [3.8, 4) is 11.5 Å². The van der Waals surface area contributed by atoms with E-state index in [4.69, 9.17) is 9.47 Å². The van der Waals surface area contributed by atoms with Gasteiger partial charge in [-0.2, -0.15) is 0 Å². The molecule has 0 bridgehead atoms. The summed E-state index contributed by atoms with van der Waals surface area (Å²) < 4.78 is 11.8. The van der Waals surface area contributed by atoms with Gasteiger partial charge in [-0.05, 0) is 39.9 Å². The van der Waals surface area contributed by atoms with Crippen LogP contribution in [0.5, 0.6) is 11.5 Å². The second-order valence-electron chi connectivity index (χ2n) is 4.36. The molecule has 4 nitrogen and oxygen atoms in total. The van der Waals surface area contributed by atoms with Gasteiger partial charge >= 0.3 is 0 Å². The number of hydrogen-bond acceptors (Lipinski definition) is 4. The fraction of sp³-hybridized carbons (Fsp3) is 0.214. The molecule has 3 rings (SSSR count). The van der Waals surface area contributed by atoms with E-state index in [1.807, 2.05) is 24.4 Å². The zero-order valence-electron chi connectivity index (χ0n) is 10.7. The Morgan fingerprint density at radius 1 is 1.30 bits per heavy atom. The molecule has 0 saturated carbocycles. The number of rotatable bonds is 2. The van der Waals surface area contributed by atoms with E-state index in [2.05, 4.69) is 21.2 Å². The van der Waals surface area contributed by atoms with Crippen molar-refractivity contribution in [2.24, 2.45) is 0 Å². The number of carbonyl (C=O) groups is 1. The predicted molar refractivity (Wildman–Crippen MR) is 82.1 cm³/mol. The van der Waals surface area contributed by atoms with E-state index < -0.39 is 0 Å². The Hall–Kier alpha value is -1.53. The number of thiophene rings is 1. The molecule has 20 heavy (non-hydrogen) atoms. The summed E-state index contributed by atoms with van der Waals surface area (Å²) in [6.07, 6.45) is 0. The first-order chi connectivity index (χ1) is 9.65. The highest BCUT2D eigenvalue weighted by Crippen LogP contribution is 2.38. The highest BCUT2D eigenvalue weighted by molar-refractivity contribution is 9.10. The quantitative estimate of drug-likeness (QED) is 0.891. The Morgan fingerprint density at radius 3 is 2.65 bits per heavy atom. The largest absolute Gasteiger partial charge is 0.486 e. The van der Waals surface area contributed by atoms with Crippen LogP contribution in [-0.4, -0.2) is 19.1 Å². The third-order valence-corrected chi connectivity index (χ3v) is 4.62. The topological polar surface area (TPSA) is 47.6 Å². The van der Waals surface area contributed by atoms with Gasteiger partial charge in [-0.3, -0.25) is 4.79 Å². The van der Waals surface area contributed by atoms with Gasteiger partial charge in [0.05, 0.1) is 10.6 Å². The lowest BCUT2D eigenvalue weighted by Crippen LogP contribution is -2.16. The number of ether oxygens (including phenoxy) is 2. The van der Waals surface area contributed by atoms with E-state index in [0.717, 1.165) is 10.0 Å². The summed E-state index contributed by atoms with van der Waals surface area (Å²) in [5.41, 5.74) is 1.65. The van der Waals surface area contributed by atoms with E-state index in [1.54, 1.807) is 6.07 Å². The van der Waals surface area contributed by atoms with Crippen molar-refractivity contribution in [2.75, 3.05) is 18.5 Å². The molecule has 0 saturated heterocycles. The molecule has 6 heteroatoms. The van der Waals surface area contributed by atoms with Crippen LogP contribution < -0.4 is 14.8 Å². The molecule has 0 fully saturated rings. The third-order valence-electron chi connectivity index (χ3n) is 2.95. The fourth-order valence-corrected chi connectivity index (χ4v) is 3.19.